The van der Waals surface area contributed by atoms with Crippen LogP contribution >= 0.6 is 0 Å². The Bertz CT molecular complexity index is 666. The summed E-state index contributed by atoms with van der Waals surface area (Å²) in [5.41, 5.74) is 2.92. The van der Waals surface area contributed by atoms with Gasteiger partial charge in [-0.2, -0.15) is 0 Å². The van der Waals surface area contributed by atoms with Gasteiger partial charge in [-0.05, 0) is 25.1 Å². The van der Waals surface area contributed by atoms with E-state index in [0.29, 0.717) is 0 Å². The fourth-order valence-electron chi connectivity index (χ4n) is 2.07. The van der Waals surface area contributed by atoms with Crippen molar-refractivity contribution in [3.8, 4) is 17.1 Å². The predicted molar refractivity (Wildman–Crippen MR) is 68.1 cm³/mol. The molecule has 2 aromatic carbocycles. The van der Waals surface area contributed by atoms with Gasteiger partial charge in [-0.1, -0.05) is 30.3 Å². The second-order valence-corrected chi connectivity index (χ2v) is 4.10. The van der Waals surface area contributed by atoms with E-state index in [9.17, 15) is 5.11 Å². The molecule has 0 amide bonds. The molecule has 1 N–H and O–H groups in total. The predicted octanol–water partition coefficient (Wildman–Crippen LogP) is 4.11. The number of benzene rings is 2. The lowest BCUT2D eigenvalue weighted by Crippen LogP contribution is -1.76. The summed E-state index contributed by atoms with van der Waals surface area (Å²) < 4.78 is 5.83. The maximum Gasteiger partial charge on any atom is 0.138 e. The highest BCUT2D eigenvalue weighted by Gasteiger charge is 2.12. The van der Waals surface area contributed by atoms with Crippen LogP contribution in [0.15, 0.2) is 52.9 Å². The van der Waals surface area contributed by atoms with E-state index in [1.807, 2.05) is 37.3 Å². The molecular formula is C15H12O2. The average molecular weight is 224 g/mol. The second-order valence-electron chi connectivity index (χ2n) is 4.10. The van der Waals surface area contributed by atoms with Gasteiger partial charge < -0.3 is 9.52 Å². The van der Waals surface area contributed by atoms with Gasteiger partial charge in [-0.3, -0.25) is 0 Å². The van der Waals surface area contributed by atoms with E-state index in [1.54, 1.807) is 18.2 Å². The molecule has 0 saturated carbocycles. The molecule has 0 aliphatic rings. The van der Waals surface area contributed by atoms with Crippen LogP contribution in [0.2, 0.25) is 0 Å². The van der Waals surface area contributed by atoms with Crippen molar-refractivity contribution in [3.63, 3.8) is 0 Å². The molecule has 0 fully saturated rings. The summed E-state index contributed by atoms with van der Waals surface area (Å²) in [7, 11) is 0. The molecule has 17 heavy (non-hydrogen) atoms. The molecule has 0 radical (unpaired) electrons. The first-order valence-electron chi connectivity index (χ1n) is 5.53. The molecule has 0 saturated heterocycles. The zero-order chi connectivity index (χ0) is 11.8. The minimum Gasteiger partial charge on any atom is -0.508 e. The third-order valence-corrected chi connectivity index (χ3v) is 2.96. The number of phenolic OH excluding ortho intramolecular Hbond substituents is 1. The number of aryl methyl sites for hydroxylation is 1. The van der Waals surface area contributed by atoms with Crippen molar-refractivity contribution in [1.29, 1.82) is 0 Å². The van der Waals surface area contributed by atoms with Crippen LogP contribution in [-0.2, 0) is 0 Å². The zero-order valence-electron chi connectivity index (χ0n) is 9.47. The molecule has 0 aliphatic heterocycles. The van der Waals surface area contributed by atoms with Crippen LogP contribution < -0.4 is 0 Å². The number of hydrogen-bond donors (Lipinski definition) is 1. The zero-order valence-corrected chi connectivity index (χ0v) is 9.47. The molecule has 0 unspecified atom stereocenters. The largest absolute Gasteiger partial charge is 0.508 e. The first kappa shape index (κ1) is 9.97. The monoisotopic (exact) mass is 224 g/mol. The Morgan fingerprint density at radius 3 is 2.53 bits per heavy atom. The van der Waals surface area contributed by atoms with Crippen LogP contribution in [0.4, 0.5) is 0 Å². The summed E-state index contributed by atoms with van der Waals surface area (Å²) in [6.07, 6.45) is 0. The summed E-state index contributed by atoms with van der Waals surface area (Å²) in [4.78, 5) is 0. The summed E-state index contributed by atoms with van der Waals surface area (Å²) in [5.74, 6) is 1.13. The normalized spacial score (nSPS) is 10.9. The highest BCUT2D eigenvalue weighted by molar-refractivity contribution is 5.88. The third kappa shape index (κ3) is 1.58. The molecule has 2 heteroatoms. The SMILES string of the molecule is Cc1c(-c2ccccc2)oc2ccc(O)cc12. The van der Waals surface area contributed by atoms with E-state index in [2.05, 4.69) is 0 Å². The molecule has 1 heterocycles. The maximum atomic E-state index is 9.49. The van der Waals surface area contributed by atoms with Crippen LogP contribution in [0.3, 0.4) is 0 Å². The summed E-state index contributed by atoms with van der Waals surface area (Å²) >= 11 is 0. The van der Waals surface area contributed by atoms with E-state index < -0.39 is 0 Å². The number of aromatic hydroxyl groups is 1. The number of rotatable bonds is 1. The second kappa shape index (κ2) is 3.67. The van der Waals surface area contributed by atoms with Crippen LogP contribution in [0.5, 0.6) is 5.75 Å². The minimum atomic E-state index is 0.265. The van der Waals surface area contributed by atoms with Gasteiger partial charge in [-0.15, -0.1) is 0 Å². The van der Waals surface area contributed by atoms with Gasteiger partial charge in [0.25, 0.3) is 0 Å². The minimum absolute atomic E-state index is 0.265. The quantitative estimate of drug-likeness (QED) is 0.674. The number of phenols is 1. The summed E-state index contributed by atoms with van der Waals surface area (Å²) in [6.45, 7) is 2.01. The first-order chi connectivity index (χ1) is 8.25. The van der Waals surface area contributed by atoms with Crippen molar-refractivity contribution in [1.82, 2.24) is 0 Å². The van der Waals surface area contributed by atoms with Gasteiger partial charge in [-0.25, -0.2) is 0 Å². The van der Waals surface area contributed by atoms with Crippen LogP contribution in [-0.4, -0.2) is 5.11 Å². The Morgan fingerprint density at radius 2 is 1.76 bits per heavy atom. The molecular weight excluding hydrogens is 212 g/mol. The van der Waals surface area contributed by atoms with E-state index in [0.717, 1.165) is 27.9 Å². The van der Waals surface area contributed by atoms with Gasteiger partial charge in [0.1, 0.15) is 17.1 Å². The van der Waals surface area contributed by atoms with Crippen LogP contribution in [0.25, 0.3) is 22.3 Å². The fourth-order valence-corrected chi connectivity index (χ4v) is 2.07. The van der Waals surface area contributed by atoms with Gasteiger partial charge in [0.15, 0.2) is 0 Å². The van der Waals surface area contributed by atoms with Crippen molar-refractivity contribution < 1.29 is 9.52 Å². The molecule has 0 spiro atoms. The van der Waals surface area contributed by atoms with E-state index >= 15 is 0 Å². The van der Waals surface area contributed by atoms with Crippen molar-refractivity contribution in [2.45, 2.75) is 6.92 Å². The van der Waals surface area contributed by atoms with Crippen molar-refractivity contribution >= 4 is 11.0 Å². The first-order valence-corrected chi connectivity index (χ1v) is 5.53. The highest BCUT2D eigenvalue weighted by atomic mass is 16.3. The van der Waals surface area contributed by atoms with Gasteiger partial charge in [0.05, 0.1) is 0 Å². The van der Waals surface area contributed by atoms with Crippen molar-refractivity contribution in [3.05, 3.63) is 54.1 Å². The summed E-state index contributed by atoms with van der Waals surface area (Å²) in [5, 5.41) is 10.5. The lowest BCUT2D eigenvalue weighted by molar-refractivity contribution is 0.476. The average Bonchev–Trinajstić information content (AvgIpc) is 2.68. The smallest absolute Gasteiger partial charge is 0.138 e. The molecule has 0 aliphatic carbocycles. The Balaban J connectivity index is 2.28. The fraction of sp³-hybridized carbons (Fsp3) is 0.0667. The number of fused-ring (bicyclic) bond motifs is 1. The van der Waals surface area contributed by atoms with Gasteiger partial charge >= 0.3 is 0 Å². The topological polar surface area (TPSA) is 33.4 Å². The Kier molecular flexibility index (Phi) is 2.15. The maximum absolute atomic E-state index is 9.49. The highest BCUT2D eigenvalue weighted by Crippen LogP contribution is 2.34. The number of hydrogen-bond acceptors (Lipinski definition) is 2. The van der Waals surface area contributed by atoms with E-state index in [4.69, 9.17) is 4.42 Å². The molecule has 2 nitrogen and oxygen atoms in total. The third-order valence-electron chi connectivity index (χ3n) is 2.96. The van der Waals surface area contributed by atoms with E-state index in [-0.39, 0.29) is 5.75 Å². The Labute approximate surface area is 99.1 Å². The lowest BCUT2D eigenvalue weighted by atomic mass is 10.1. The van der Waals surface area contributed by atoms with Crippen LogP contribution in [0, 0.1) is 6.92 Å². The van der Waals surface area contributed by atoms with E-state index in [1.165, 1.54) is 0 Å². The molecule has 0 atom stereocenters. The summed E-state index contributed by atoms with van der Waals surface area (Å²) in [6, 6.07) is 15.2. The molecule has 3 rings (SSSR count). The van der Waals surface area contributed by atoms with Crippen LogP contribution in [0.1, 0.15) is 5.56 Å². The van der Waals surface area contributed by atoms with Gasteiger partial charge in [0, 0.05) is 16.5 Å². The number of furan rings is 1. The molecule has 0 bridgehead atoms. The molecule has 1 aromatic heterocycles. The lowest BCUT2D eigenvalue weighted by Gasteiger charge is -1.97. The molecule has 84 valence electrons. The standard InChI is InChI=1S/C15H12O2/c1-10-13-9-12(16)7-8-14(13)17-15(10)11-5-3-2-4-6-11/h2-9,16H,1H3. The Hall–Kier alpha value is -2.22. The Morgan fingerprint density at radius 1 is 1.00 bits per heavy atom. The van der Waals surface area contributed by atoms with Crippen molar-refractivity contribution in [2.24, 2.45) is 0 Å². The molecule has 3 aromatic rings. The van der Waals surface area contributed by atoms with Crippen molar-refractivity contribution in [2.75, 3.05) is 0 Å². The van der Waals surface area contributed by atoms with Gasteiger partial charge in [0.2, 0.25) is 0 Å².